The molecule has 0 aliphatic carbocycles. The summed E-state index contributed by atoms with van der Waals surface area (Å²) in [6.07, 6.45) is 0.982. The molecule has 116 valence electrons. The quantitative estimate of drug-likeness (QED) is 0.674. The maximum absolute atomic E-state index is 12.2. The van der Waals surface area contributed by atoms with Crippen molar-refractivity contribution in [2.24, 2.45) is 0 Å². The van der Waals surface area contributed by atoms with E-state index in [0.29, 0.717) is 16.4 Å². The van der Waals surface area contributed by atoms with Crippen LogP contribution >= 0.6 is 11.6 Å². The average Bonchev–Trinajstić information content (AvgIpc) is 3.04. The molecule has 0 aliphatic rings. The number of Topliss-reactive ketones (excluding diaryl/α,β-unsaturated/α-hetero) is 1. The zero-order valence-electron chi connectivity index (χ0n) is 12.6. The van der Waals surface area contributed by atoms with Gasteiger partial charge in [-0.15, -0.1) is 10.2 Å². The van der Waals surface area contributed by atoms with Crippen molar-refractivity contribution in [2.75, 3.05) is 0 Å². The van der Waals surface area contributed by atoms with E-state index in [4.69, 9.17) is 11.6 Å². The highest BCUT2D eigenvalue weighted by molar-refractivity contribution is 6.30. The van der Waals surface area contributed by atoms with Crippen LogP contribution in [-0.4, -0.2) is 26.0 Å². The number of aryl methyl sites for hydroxylation is 1. The van der Waals surface area contributed by atoms with Crippen molar-refractivity contribution in [3.8, 4) is 11.4 Å². The van der Waals surface area contributed by atoms with Crippen LogP contribution < -0.4 is 0 Å². The van der Waals surface area contributed by atoms with Gasteiger partial charge >= 0.3 is 0 Å². The molecule has 0 fully saturated rings. The molecule has 5 nitrogen and oxygen atoms in total. The molecule has 0 saturated carbocycles. The molecule has 0 aliphatic heterocycles. The van der Waals surface area contributed by atoms with Gasteiger partial charge in [0, 0.05) is 16.1 Å². The van der Waals surface area contributed by atoms with Gasteiger partial charge in [-0.25, -0.2) is 0 Å². The molecule has 2 aromatic carbocycles. The Balaban J connectivity index is 1.73. The molecular formula is C17H15ClN4O. The van der Waals surface area contributed by atoms with Crippen LogP contribution in [0.25, 0.3) is 11.4 Å². The first-order valence-corrected chi connectivity index (χ1v) is 7.69. The average molecular weight is 327 g/mol. The highest BCUT2D eigenvalue weighted by Gasteiger charge is 2.11. The van der Waals surface area contributed by atoms with Gasteiger partial charge in [-0.05, 0) is 41.5 Å². The maximum Gasteiger partial charge on any atom is 0.204 e. The van der Waals surface area contributed by atoms with Gasteiger partial charge in [0.25, 0.3) is 0 Å². The summed E-state index contributed by atoms with van der Waals surface area (Å²) in [4.78, 5) is 13.5. The van der Waals surface area contributed by atoms with Crippen LogP contribution in [0, 0.1) is 0 Å². The van der Waals surface area contributed by atoms with Crippen molar-refractivity contribution in [1.29, 1.82) is 0 Å². The van der Waals surface area contributed by atoms with E-state index in [9.17, 15) is 4.79 Å². The highest BCUT2D eigenvalue weighted by atomic mass is 35.5. The van der Waals surface area contributed by atoms with Crippen LogP contribution in [0.5, 0.6) is 0 Å². The molecule has 6 heteroatoms. The number of nitrogens with zero attached hydrogens (tertiary/aromatic N) is 4. The van der Waals surface area contributed by atoms with E-state index >= 15 is 0 Å². The van der Waals surface area contributed by atoms with Crippen molar-refractivity contribution in [3.05, 3.63) is 64.7 Å². The SMILES string of the molecule is CCc1ccc(-c2nnn(CC(=O)c3ccc(Cl)cc3)n2)cc1. The second-order valence-corrected chi connectivity index (χ2v) is 5.56. The van der Waals surface area contributed by atoms with Gasteiger partial charge in [0.05, 0.1) is 0 Å². The maximum atomic E-state index is 12.2. The molecule has 1 aromatic heterocycles. The first kappa shape index (κ1) is 15.4. The fraction of sp³-hybridized carbons (Fsp3) is 0.176. The van der Waals surface area contributed by atoms with E-state index in [-0.39, 0.29) is 12.3 Å². The third-order valence-corrected chi connectivity index (χ3v) is 3.78. The number of hydrogen-bond donors (Lipinski definition) is 0. The second-order valence-electron chi connectivity index (χ2n) is 5.12. The number of carbonyl (C=O) groups excluding carboxylic acids is 1. The van der Waals surface area contributed by atoms with E-state index in [2.05, 4.69) is 22.3 Å². The molecule has 0 unspecified atom stereocenters. The summed E-state index contributed by atoms with van der Waals surface area (Å²) >= 11 is 5.82. The summed E-state index contributed by atoms with van der Waals surface area (Å²) in [5.41, 5.74) is 2.70. The Morgan fingerprint density at radius 2 is 1.78 bits per heavy atom. The lowest BCUT2D eigenvalue weighted by molar-refractivity contribution is 0.0961. The number of halogens is 1. The van der Waals surface area contributed by atoms with Crippen LogP contribution in [0.4, 0.5) is 0 Å². The molecule has 23 heavy (non-hydrogen) atoms. The minimum absolute atomic E-state index is 0.0433. The third kappa shape index (κ3) is 3.63. The number of carbonyl (C=O) groups is 1. The van der Waals surface area contributed by atoms with Crippen LogP contribution in [-0.2, 0) is 13.0 Å². The zero-order chi connectivity index (χ0) is 16.2. The van der Waals surface area contributed by atoms with Crippen LogP contribution in [0.15, 0.2) is 48.5 Å². The number of benzene rings is 2. The minimum Gasteiger partial charge on any atom is -0.292 e. The van der Waals surface area contributed by atoms with E-state index in [1.54, 1.807) is 24.3 Å². The summed E-state index contributed by atoms with van der Waals surface area (Å²) in [5, 5.41) is 12.8. The zero-order valence-corrected chi connectivity index (χ0v) is 13.4. The molecule has 3 aromatic rings. The van der Waals surface area contributed by atoms with Crippen LogP contribution in [0.2, 0.25) is 5.02 Å². The molecule has 3 rings (SSSR count). The van der Waals surface area contributed by atoms with Crippen LogP contribution in [0.3, 0.4) is 0 Å². The Labute approximate surface area is 138 Å². The van der Waals surface area contributed by atoms with Gasteiger partial charge in [-0.2, -0.15) is 4.80 Å². The topological polar surface area (TPSA) is 60.7 Å². The van der Waals surface area contributed by atoms with Crippen molar-refractivity contribution in [3.63, 3.8) is 0 Å². The van der Waals surface area contributed by atoms with Gasteiger partial charge in [0.2, 0.25) is 5.82 Å². The Kier molecular flexibility index (Phi) is 4.48. The van der Waals surface area contributed by atoms with Crippen LogP contribution in [0.1, 0.15) is 22.8 Å². The molecule has 0 saturated heterocycles. The van der Waals surface area contributed by atoms with E-state index < -0.39 is 0 Å². The first-order chi connectivity index (χ1) is 11.2. The number of rotatable bonds is 5. The first-order valence-electron chi connectivity index (χ1n) is 7.31. The monoisotopic (exact) mass is 326 g/mol. The van der Waals surface area contributed by atoms with E-state index in [1.165, 1.54) is 10.4 Å². The largest absolute Gasteiger partial charge is 0.292 e. The second kappa shape index (κ2) is 6.71. The number of ketones is 1. The van der Waals surface area contributed by atoms with Crippen molar-refractivity contribution in [2.45, 2.75) is 19.9 Å². The fourth-order valence-electron chi connectivity index (χ4n) is 2.17. The van der Waals surface area contributed by atoms with Crippen molar-refractivity contribution >= 4 is 17.4 Å². The number of hydrogen-bond acceptors (Lipinski definition) is 4. The molecule has 0 bridgehead atoms. The standard InChI is InChI=1S/C17H15ClN4O/c1-2-12-3-5-14(6-4-12)17-19-21-22(20-17)11-16(23)13-7-9-15(18)10-8-13/h3-10H,2,11H2,1H3. The normalized spacial score (nSPS) is 10.7. The molecule has 0 atom stereocenters. The Morgan fingerprint density at radius 3 is 2.43 bits per heavy atom. The molecular weight excluding hydrogens is 312 g/mol. The Bertz CT molecular complexity index is 809. The van der Waals surface area contributed by atoms with Gasteiger partial charge in [0.1, 0.15) is 6.54 Å². The third-order valence-electron chi connectivity index (χ3n) is 3.52. The lowest BCUT2D eigenvalue weighted by atomic mass is 10.1. The van der Waals surface area contributed by atoms with Gasteiger partial charge < -0.3 is 0 Å². The highest BCUT2D eigenvalue weighted by Crippen LogP contribution is 2.15. The Morgan fingerprint density at radius 1 is 1.09 bits per heavy atom. The lowest BCUT2D eigenvalue weighted by Crippen LogP contribution is -2.13. The molecule has 0 radical (unpaired) electrons. The summed E-state index contributed by atoms with van der Waals surface area (Å²) in [6, 6.07) is 14.7. The number of aromatic nitrogens is 4. The molecule has 0 spiro atoms. The van der Waals surface area contributed by atoms with Gasteiger partial charge in [-0.1, -0.05) is 42.8 Å². The van der Waals surface area contributed by atoms with E-state index in [0.717, 1.165) is 12.0 Å². The smallest absolute Gasteiger partial charge is 0.204 e. The van der Waals surface area contributed by atoms with Gasteiger partial charge in [-0.3, -0.25) is 4.79 Å². The number of tetrazole rings is 1. The fourth-order valence-corrected chi connectivity index (χ4v) is 2.30. The molecule has 1 heterocycles. The predicted octanol–water partition coefficient (Wildman–Crippen LogP) is 3.44. The summed E-state index contributed by atoms with van der Waals surface area (Å²) < 4.78 is 0. The summed E-state index contributed by atoms with van der Waals surface area (Å²) in [6.45, 7) is 2.15. The van der Waals surface area contributed by atoms with Crippen molar-refractivity contribution in [1.82, 2.24) is 20.2 Å². The predicted molar refractivity (Wildman–Crippen MR) is 88.4 cm³/mol. The summed E-state index contributed by atoms with van der Waals surface area (Å²) in [7, 11) is 0. The lowest BCUT2D eigenvalue weighted by Gasteiger charge is -2.00. The molecule has 0 N–H and O–H groups in total. The summed E-state index contributed by atoms with van der Waals surface area (Å²) in [5.74, 6) is 0.420. The Hall–Kier alpha value is -2.53. The van der Waals surface area contributed by atoms with Crippen molar-refractivity contribution < 1.29 is 4.79 Å². The minimum atomic E-state index is -0.0908. The van der Waals surface area contributed by atoms with E-state index in [1.807, 2.05) is 24.3 Å². The van der Waals surface area contributed by atoms with Gasteiger partial charge in [0.15, 0.2) is 5.78 Å². The molecule has 0 amide bonds.